The predicted octanol–water partition coefficient (Wildman–Crippen LogP) is 3.82. The third kappa shape index (κ3) is 4.10. The number of pyridine rings is 1. The highest BCUT2D eigenvalue weighted by Gasteiger charge is 2.23. The van der Waals surface area contributed by atoms with Gasteiger partial charge in [0.05, 0.1) is 11.4 Å². The van der Waals surface area contributed by atoms with Gasteiger partial charge in [0.1, 0.15) is 5.69 Å². The highest BCUT2D eigenvalue weighted by atomic mass is 79.9. The van der Waals surface area contributed by atoms with Crippen LogP contribution < -0.4 is 10.7 Å². The number of benzene rings is 3. The first-order chi connectivity index (χ1) is 15.2. The van der Waals surface area contributed by atoms with Crippen LogP contribution in [0.1, 0.15) is 16.1 Å². The van der Waals surface area contributed by atoms with Gasteiger partial charge in [-0.05, 0) is 46.8 Å². The number of aromatic carboxylic acids is 1. The Labute approximate surface area is 191 Å². The van der Waals surface area contributed by atoms with E-state index < -0.39 is 21.6 Å². The van der Waals surface area contributed by atoms with Crippen LogP contribution in [0.15, 0.2) is 87.0 Å². The Morgan fingerprint density at radius 2 is 1.62 bits per heavy atom. The van der Waals surface area contributed by atoms with E-state index in [4.69, 9.17) is 5.14 Å². The van der Waals surface area contributed by atoms with Gasteiger partial charge in [-0.3, -0.25) is 9.36 Å². The first-order valence-electron chi connectivity index (χ1n) is 9.43. The second-order valence-electron chi connectivity index (χ2n) is 7.16. The molecule has 0 radical (unpaired) electrons. The van der Waals surface area contributed by atoms with Gasteiger partial charge < -0.3 is 5.11 Å². The molecule has 0 unspecified atom stereocenters. The fourth-order valence-corrected chi connectivity index (χ4v) is 4.53. The summed E-state index contributed by atoms with van der Waals surface area (Å²) in [6.07, 6.45) is 0. The van der Waals surface area contributed by atoms with Gasteiger partial charge in [-0.25, -0.2) is 18.4 Å². The molecule has 3 aromatic carbocycles. The number of halogens is 1. The van der Waals surface area contributed by atoms with E-state index in [0.29, 0.717) is 31.9 Å². The molecular formula is C23H17BrN2O5S. The average molecular weight is 513 g/mol. The van der Waals surface area contributed by atoms with Gasteiger partial charge in [-0.15, -0.1) is 0 Å². The van der Waals surface area contributed by atoms with Crippen LogP contribution in [-0.4, -0.2) is 24.1 Å². The Balaban J connectivity index is 2.02. The summed E-state index contributed by atoms with van der Waals surface area (Å²) in [6, 6.07) is 19.8. The fraction of sp³-hybridized carbons (Fsp3) is 0.0435. The Bertz CT molecular complexity index is 1510. The van der Waals surface area contributed by atoms with E-state index in [0.717, 1.165) is 0 Å². The molecule has 1 heterocycles. The Kier molecular flexibility index (Phi) is 5.72. The molecule has 32 heavy (non-hydrogen) atoms. The maximum absolute atomic E-state index is 13.3. The second kappa shape index (κ2) is 8.34. The van der Waals surface area contributed by atoms with Crippen molar-refractivity contribution >= 4 is 42.7 Å². The number of nitrogens with zero attached hydrogens (tertiary/aromatic N) is 1. The topological polar surface area (TPSA) is 119 Å². The van der Waals surface area contributed by atoms with Gasteiger partial charge in [0.2, 0.25) is 10.0 Å². The minimum atomic E-state index is -3.86. The number of sulfonamides is 1. The minimum Gasteiger partial charge on any atom is -0.477 e. The molecule has 4 aromatic rings. The molecule has 4 rings (SSSR count). The summed E-state index contributed by atoms with van der Waals surface area (Å²) in [4.78, 5) is 25.7. The molecule has 3 N–H and O–H groups in total. The smallest absolute Gasteiger partial charge is 0.353 e. The maximum atomic E-state index is 13.3. The van der Waals surface area contributed by atoms with E-state index >= 15 is 0 Å². The molecule has 0 aliphatic carbocycles. The highest BCUT2D eigenvalue weighted by molar-refractivity contribution is 9.10. The van der Waals surface area contributed by atoms with Crippen molar-refractivity contribution in [3.05, 3.63) is 98.9 Å². The number of aromatic nitrogens is 1. The van der Waals surface area contributed by atoms with Crippen molar-refractivity contribution in [2.75, 3.05) is 0 Å². The first kappa shape index (κ1) is 21.9. The van der Waals surface area contributed by atoms with Crippen molar-refractivity contribution < 1.29 is 18.3 Å². The Morgan fingerprint density at radius 3 is 2.22 bits per heavy atom. The largest absolute Gasteiger partial charge is 0.477 e. The van der Waals surface area contributed by atoms with Crippen LogP contribution in [0, 0.1) is 0 Å². The zero-order valence-corrected chi connectivity index (χ0v) is 18.9. The number of fused-ring (bicyclic) bond motifs is 1. The van der Waals surface area contributed by atoms with Crippen molar-refractivity contribution in [2.24, 2.45) is 5.14 Å². The summed E-state index contributed by atoms with van der Waals surface area (Å²) < 4.78 is 25.0. The SMILES string of the molecule is NS(=O)(=O)c1ccc(Cn2c(C(=O)O)c(-c3ccccc3)c3cc(Br)ccc3c2=O)cc1. The lowest BCUT2D eigenvalue weighted by Crippen LogP contribution is -2.28. The second-order valence-corrected chi connectivity index (χ2v) is 9.64. The number of carbonyl (C=O) groups is 1. The molecule has 9 heteroatoms. The van der Waals surface area contributed by atoms with Gasteiger partial charge in [0, 0.05) is 15.4 Å². The van der Waals surface area contributed by atoms with Crippen molar-refractivity contribution in [3.8, 4) is 11.1 Å². The van der Waals surface area contributed by atoms with Crippen LogP contribution in [-0.2, 0) is 16.6 Å². The lowest BCUT2D eigenvalue weighted by atomic mass is 9.96. The van der Waals surface area contributed by atoms with Crippen LogP contribution in [0.3, 0.4) is 0 Å². The summed E-state index contributed by atoms with van der Waals surface area (Å²) in [7, 11) is -3.86. The van der Waals surface area contributed by atoms with Crippen LogP contribution >= 0.6 is 15.9 Å². The highest BCUT2D eigenvalue weighted by Crippen LogP contribution is 2.32. The maximum Gasteiger partial charge on any atom is 0.353 e. The molecule has 1 aromatic heterocycles. The van der Waals surface area contributed by atoms with Crippen molar-refractivity contribution in [1.29, 1.82) is 0 Å². The van der Waals surface area contributed by atoms with Gasteiger partial charge in [-0.2, -0.15) is 0 Å². The van der Waals surface area contributed by atoms with Crippen molar-refractivity contribution in [1.82, 2.24) is 4.57 Å². The lowest BCUT2D eigenvalue weighted by Gasteiger charge is -2.18. The average Bonchev–Trinajstić information content (AvgIpc) is 2.75. The number of hydrogen-bond acceptors (Lipinski definition) is 4. The lowest BCUT2D eigenvalue weighted by molar-refractivity contribution is 0.0685. The van der Waals surface area contributed by atoms with Gasteiger partial charge in [0.25, 0.3) is 5.56 Å². The first-order valence-corrected chi connectivity index (χ1v) is 11.8. The normalized spacial score (nSPS) is 11.6. The van der Waals surface area contributed by atoms with Crippen molar-refractivity contribution in [3.63, 3.8) is 0 Å². The predicted molar refractivity (Wildman–Crippen MR) is 125 cm³/mol. The summed E-state index contributed by atoms with van der Waals surface area (Å²) in [5.41, 5.74) is 1.03. The zero-order chi connectivity index (χ0) is 23.0. The standard InChI is InChI=1S/C23H17BrN2O5S/c24-16-8-11-18-19(12-16)20(15-4-2-1-3-5-15)21(23(28)29)26(22(18)27)13-14-6-9-17(10-7-14)32(25,30)31/h1-12H,13H2,(H,28,29)(H2,25,30,31). The number of hydrogen-bond donors (Lipinski definition) is 2. The number of carboxylic acids is 1. The van der Waals surface area contributed by atoms with E-state index in [1.165, 1.54) is 28.8 Å². The number of carboxylic acid groups (broad SMARTS) is 1. The summed E-state index contributed by atoms with van der Waals surface area (Å²) in [5.74, 6) is -1.25. The Hall–Kier alpha value is -3.27. The van der Waals surface area contributed by atoms with Gasteiger partial charge in [0.15, 0.2) is 0 Å². The number of primary sulfonamides is 1. The molecule has 0 bridgehead atoms. The van der Waals surface area contributed by atoms with E-state index in [1.54, 1.807) is 42.5 Å². The third-order valence-corrected chi connectivity index (χ3v) is 6.51. The summed E-state index contributed by atoms with van der Waals surface area (Å²) in [6.45, 7) is -0.0583. The van der Waals surface area contributed by atoms with E-state index in [9.17, 15) is 23.1 Å². The summed E-state index contributed by atoms with van der Waals surface area (Å²) in [5, 5.41) is 16.2. The Morgan fingerprint density at radius 1 is 0.969 bits per heavy atom. The van der Waals surface area contributed by atoms with Crippen molar-refractivity contribution in [2.45, 2.75) is 11.4 Å². The van der Waals surface area contributed by atoms with Crippen LogP contribution in [0.5, 0.6) is 0 Å². The molecule has 162 valence electrons. The number of nitrogens with two attached hydrogens (primary N) is 1. The quantitative estimate of drug-likeness (QED) is 0.421. The van der Waals surface area contributed by atoms with Gasteiger partial charge >= 0.3 is 5.97 Å². The van der Waals surface area contributed by atoms with Crippen LogP contribution in [0.4, 0.5) is 0 Å². The molecule has 0 amide bonds. The molecule has 0 spiro atoms. The van der Waals surface area contributed by atoms with Crippen LogP contribution in [0.2, 0.25) is 0 Å². The molecule has 0 saturated carbocycles. The molecule has 0 saturated heterocycles. The summed E-state index contributed by atoms with van der Waals surface area (Å²) >= 11 is 3.40. The van der Waals surface area contributed by atoms with Gasteiger partial charge in [-0.1, -0.05) is 58.4 Å². The number of rotatable bonds is 5. The van der Waals surface area contributed by atoms with E-state index in [1.807, 2.05) is 6.07 Å². The fourth-order valence-electron chi connectivity index (χ4n) is 3.66. The minimum absolute atomic E-state index is 0.0583. The molecule has 0 aliphatic rings. The molecule has 0 atom stereocenters. The monoisotopic (exact) mass is 512 g/mol. The molecule has 0 fully saturated rings. The molecule has 7 nitrogen and oxygen atoms in total. The van der Waals surface area contributed by atoms with E-state index in [-0.39, 0.29) is 17.1 Å². The molecule has 0 aliphatic heterocycles. The van der Waals surface area contributed by atoms with E-state index in [2.05, 4.69) is 15.9 Å². The zero-order valence-electron chi connectivity index (χ0n) is 16.5. The molecular weight excluding hydrogens is 496 g/mol. The third-order valence-electron chi connectivity index (χ3n) is 5.09. The van der Waals surface area contributed by atoms with Crippen LogP contribution in [0.25, 0.3) is 21.9 Å².